The van der Waals surface area contributed by atoms with Crippen LogP contribution in [0.2, 0.25) is 0 Å². The number of hydrogen-bond donors (Lipinski definition) is 2. The van der Waals surface area contributed by atoms with Crippen molar-refractivity contribution < 1.29 is 9.59 Å². The van der Waals surface area contributed by atoms with Crippen LogP contribution in [0.5, 0.6) is 0 Å². The Labute approximate surface area is 156 Å². The molecule has 0 spiro atoms. The molecule has 0 saturated heterocycles. The number of anilines is 1. The van der Waals surface area contributed by atoms with Crippen LogP contribution in [0.15, 0.2) is 42.5 Å². The molecule has 0 atom stereocenters. The van der Waals surface area contributed by atoms with Crippen LogP contribution in [0.1, 0.15) is 40.1 Å². The minimum atomic E-state index is -0.216. The molecule has 2 N–H and O–H groups in total. The maximum atomic E-state index is 12.6. The third kappa shape index (κ3) is 4.56. The van der Waals surface area contributed by atoms with Gasteiger partial charge in [-0.3, -0.25) is 9.59 Å². The molecule has 2 amide bonds. The first-order valence-corrected chi connectivity index (χ1v) is 8.91. The lowest BCUT2D eigenvalue weighted by Gasteiger charge is -2.13. The Kier molecular flexibility index (Phi) is 6.36. The SMILES string of the molecule is Cc1cccc(C(=O)Nc2ccccc2C(=O)NCC(C)C)c1I. The summed E-state index contributed by atoms with van der Waals surface area (Å²) < 4.78 is 0.911. The topological polar surface area (TPSA) is 58.2 Å². The molecular weight excluding hydrogens is 415 g/mol. The molecule has 0 fully saturated rings. The van der Waals surface area contributed by atoms with Gasteiger partial charge in [-0.2, -0.15) is 0 Å². The molecule has 0 aliphatic rings. The standard InChI is InChI=1S/C19H21IN2O2/c1-12(2)11-21-18(23)14-8-4-5-10-16(14)22-19(24)15-9-6-7-13(3)17(15)20/h4-10,12H,11H2,1-3H3,(H,21,23)(H,22,24). The zero-order valence-electron chi connectivity index (χ0n) is 14.0. The molecule has 0 aliphatic carbocycles. The first kappa shape index (κ1) is 18.4. The Bertz CT molecular complexity index is 757. The fraction of sp³-hybridized carbons (Fsp3) is 0.263. The van der Waals surface area contributed by atoms with Gasteiger partial charge in [0.25, 0.3) is 11.8 Å². The van der Waals surface area contributed by atoms with Crippen molar-refractivity contribution in [3.8, 4) is 0 Å². The average molecular weight is 436 g/mol. The Morgan fingerprint density at radius 1 is 1.00 bits per heavy atom. The lowest BCUT2D eigenvalue weighted by Crippen LogP contribution is -2.28. The van der Waals surface area contributed by atoms with E-state index >= 15 is 0 Å². The minimum Gasteiger partial charge on any atom is -0.352 e. The Hall–Kier alpha value is -1.89. The first-order chi connectivity index (χ1) is 11.4. The molecule has 4 nitrogen and oxygen atoms in total. The van der Waals surface area contributed by atoms with E-state index in [4.69, 9.17) is 0 Å². The number of benzene rings is 2. The van der Waals surface area contributed by atoms with Gasteiger partial charge < -0.3 is 10.6 Å². The van der Waals surface area contributed by atoms with Gasteiger partial charge in [-0.25, -0.2) is 0 Å². The van der Waals surface area contributed by atoms with Crippen molar-refractivity contribution in [1.29, 1.82) is 0 Å². The van der Waals surface area contributed by atoms with Gasteiger partial charge in [-0.1, -0.05) is 38.1 Å². The second-order valence-corrected chi connectivity index (χ2v) is 7.12. The number of hydrogen-bond acceptors (Lipinski definition) is 2. The Morgan fingerprint density at radius 2 is 1.67 bits per heavy atom. The van der Waals surface area contributed by atoms with E-state index in [1.807, 2.05) is 32.9 Å². The quantitative estimate of drug-likeness (QED) is 0.690. The second kappa shape index (κ2) is 8.28. The van der Waals surface area contributed by atoms with Crippen molar-refractivity contribution in [2.75, 3.05) is 11.9 Å². The van der Waals surface area contributed by atoms with E-state index in [1.54, 1.807) is 30.3 Å². The number of nitrogens with one attached hydrogen (secondary N) is 2. The van der Waals surface area contributed by atoms with Gasteiger partial charge in [0.15, 0.2) is 0 Å². The summed E-state index contributed by atoms with van der Waals surface area (Å²) in [5, 5.41) is 5.74. The number of carbonyl (C=O) groups is 2. The third-order valence-electron chi connectivity index (χ3n) is 3.53. The van der Waals surface area contributed by atoms with Gasteiger partial charge >= 0.3 is 0 Å². The summed E-state index contributed by atoms with van der Waals surface area (Å²) in [6, 6.07) is 12.6. The van der Waals surface area contributed by atoms with Crippen LogP contribution in [0.4, 0.5) is 5.69 Å². The fourth-order valence-electron chi connectivity index (χ4n) is 2.19. The molecule has 0 unspecified atom stereocenters. The summed E-state index contributed by atoms with van der Waals surface area (Å²) in [5.74, 6) is -0.0321. The number of aryl methyl sites for hydroxylation is 1. The number of amides is 2. The summed E-state index contributed by atoms with van der Waals surface area (Å²) in [5.41, 5.74) is 2.63. The normalized spacial score (nSPS) is 10.5. The molecule has 5 heteroatoms. The number of rotatable bonds is 5. The van der Waals surface area contributed by atoms with Gasteiger partial charge in [-0.15, -0.1) is 0 Å². The molecular formula is C19H21IN2O2. The third-order valence-corrected chi connectivity index (χ3v) is 4.96. The molecule has 0 saturated carbocycles. The predicted octanol–water partition coefficient (Wildman–Crippen LogP) is 4.24. The number of para-hydroxylation sites is 1. The monoisotopic (exact) mass is 436 g/mol. The highest BCUT2D eigenvalue weighted by atomic mass is 127. The van der Waals surface area contributed by atoms with E-state index in [0.29, 0.717) is 29.3 Å². The fourth-order valence-corrected chi connectivity index (χ4v) is 2.80. The van der Waals surface area contributed by atoms with E-state index in [2.05, 4.69) is 33.2 Å². The highest BCUT2D eigenvalue weighted by Crippen LogP contribution is 2.20. The van der Waals surface area contributed by atoms with Gasteiger partial charge in [0.1, 0.15) is 0 Å². The molecule has 2 aromatic rings. The van der Waals surface area contributed by atoms with E-state index in [-0.39, 0.29) is 11.8 Å². The smallest absolute Gasteiger partial charge is 0.256 e. The maximum Gasteiger partial charge on any atom is 0.256 e. The van der Waals surface area contributed by atoms with Gasteiger partial charge in [0, 0.05) is 10.1 Å². The summed E-state index contributed by atoms with van der Waals surface area (Å²) in [7, 11) is 0. The molecule has 126 valence electrons. The molecule has 0 aliphatic heterocycles. The van der Waals surface area contributed by atoms with Crippen molar-refractivity contribution in [3.05, 3.63) is 62.7 Å². The number of carbonyl (C=O) groups excluding carboxylic acids is 2. The molecule has 2 aromatic carbocycles. The summed E-state index contributed by atoms with van der Waals surface area (Å²) in [6.45, 7) is 6.63. The zero-order valence-corrected chi connectivity index (χ0v) is 16.2. The van der Waals surface area contributed by atoms with Gasteiger partial charge in [0.05, 0.1) is 16.8 Å². The van der Waals surface area contributed by atoms with Crippen molar-refractivity contribution in [2.45, 2.75) is 20.8 Å². The van der Waals surface area contributed by atoms with Crippen LogP contribution in [-0.2, 0) is 0 Å². The van der Waals surface area contributed by atoms with Crippen LogP contribution in [0, 0.1) is 16.4 Å². The van der Waals surface area contributed by atoms with Crippen molar-refractivity contribution >= 4 is 40.1 Å². The average Bonchev–Trinajstić information content (AvgIpc) is 2.55. The lowest BCUT2D eigenvalue weighted by molar-refractivity contribution is 0.0950. The molecule has 0 bridgehead atoms. The number of halogens is 1. The molecule has 0 radical (unpaired) electrons. The first-order valence-electron chi connectivity index (χ1n) is 7.84. The Balaban J connectivity index is 2.22. The van der Waals surface area contributed by atoms with Crippen molar-refractivity contribution in [1.82, 2.24) is 5.32 Å². The molecule has 2 rings (SSSR count). The van der Waals surface area contributed by atoms with Crippen LogP contribution >= 0.6 is 22.6 Å². The van der Waals surface area contributed by atoms with Gasteiger partial charge in [0.2, 0.25) is 0 Å². The van der Waals surface area contributed by atoms with Crippen molar-refractivity contribution in [2.24, 2.45) is 5.92 Å². The van der Waals surface area contributed by atoms with Crippen LogP contribution in [0.3, 0.4) is 0 Å². The van der Waals surface area contributed by atoms with Gasteiger partial charge in [-0.05, 0) is 59.2 Å². The molecule has 0 heterocycles. The van der Waals surface area contributed by atoms with E-state index in [9.17, 15) is 9.59 Å². The lowest BCUT2D eigenvalue weighted by atomic mass is 10.1. The largest absolute Gasteiger partial charge is 0.352 e. The highest BCUT2D eigenvalue weighted by molar-refractivity contribution is 14.1. The summed E-state index contributed by atoms with van der Waals surface area (Å²) in [6.07, 6.45) is 0. The zero-order chi connectivity index (χ0) is 17.7. The van der Waals surface area contributed by atoms with Crippen LogP contribution in [-0.4, -0.2) is 18.4 Å². The van der Waals surface area contributed by atoms with E-state index < -0.39 is 0 Å². The highest BCUT2D eigenvalue weighted by Gasteiger charge is 2.16. The van der Waals surface area contributed by atoms with Crippen LogP contribution in [0.25, 0.3) is 0 Å². The summed E-state index contributed by atoms with van der Waals surface area (Å²) >= 11 is 2.17. The second-order valence-electron chi connectivity index (χ2n) is 6.04. The van der Waals surface area contributed by atoms with E-state index in [1.165, 1.54) is 0 Å². The molecule has 0 aromatic heterocycles. The van der Waals surface area contributed by atoms with E-state index in [0.717, 1.165) is 9.13 Å². The summed E-state index contributed by atoms with van der Waals surface area (Å²) in [4.78, 5) is 24.9. The van der Waals surface area contributed by atoms with Crippen LogP contribution < -0.4 is 10.6 Å². The van der Waals surface area contributed by atoms with Crippen molar-refractivity contribution in [3.63, 3.8) is 0 Å². The Morgan fingerprint density at radius 3 is 2.38 bits per heavy atom. The minimum absolute atomic E-state index is 0.182. The molecule has 24 heavy (non-hydrogen) atoms. The predicted molar refractivity (Wildman–Crippen MR) is 105 cm³/mol. The maximum absolute atomic E-state index is 12.6.